The fourth-order valence-corrected chi connectivity index (χ4v) is 3.15. The van der Waals surface area contributed by atoms with E-state index in [9.17, 15) is 14.4 Å². The van der Waals surface area contributed by atoms with E-state index in [1.54, 1.807) is 6.20 Å². The summed E-state index contributed by atoms with van der Waals surface area (Å²) >= 11 is 0. The van der Waals surface area contributed by atoms with E-state index in [2.05, 4.69) is 15.7 Å². The smallest absolute Gasteiger partial charge is 0.422 e. The summed E-state index contributed by atoms with van der Waals surface area (Å²) in [4.78, 5) is 39.3. The van der Waals surface area contributed by atoms with Crippen LogP contribution in [0.2, 0.25) is 0 Å². The number of aromatic nitrogens is 1. The number of primary amides is 1. The predicted molar refractivity (Wildman–Crippen MR) is 116 cm³/mol. The number of likely N-dealkylation sites (N-methyl/N-ethyl adjacent to an activating group) is 1. The van der Waals surface area contributed by atoms with Gasteiger partial charge in [0.2, 0.25) is 11.8 Å². The van der Waals surface area contributed by atoms with Crippen molar-refractivity contribution in [2.75, 3.05) is 13.6 Å². The van der Waals surface area contributed by atoms with E-state index in [4.69, 9.17) is 10.5 Å². The molecule has 162 valence electrons. The number of hydrogen-bond donors (Lipinski definition) is 4. The van der Waals surface area contributed by atoms with Crippen LogP contribution in [-0.4, -0.2) is 47.5 Å². The van der Waals surface area contributed by atoms with Crippen molar-refractivity contribution in [2.45, 2.75) is 19.1 Å². The van der Waals surface area contributed by atoms with E-state index >= 15 is 0 Å². The third-order valence-corrected chi connectivity index (χ3v) is 4.65. The molecule has 0 unspecified atom stereocenters. The number of nitrogens with zero attached hydrogens (tertiary/aromatic N) is 1. The second-order valence-corrected chi connectivity index (χ2v) is 7.12. The number of nitrogens with one attached hydrogen (secondary N) is 3. The molecule has 5 N–H and O–H groups in total. The van der Waals surface area contributed by atoms with E-state index in [1.165, 1.54) is 12.1 Å². The van der Waals surface area contributed by atoms with Gasteiger partial charge in [-0.15, -0.1) is 0 Å². The van der Waals surface area contributed by atoms with Crippen molar-refractivity contribution in [3.8, 4) is 0 Å². The van der Waals surface area contributed by atoms with Gasteiger partial charge in [-0.05, 0) is 17.2 Å². The standard InChI is InChI=1S/C22H25N5O4/c1-27(26-22(30)31-14-15-7-3-2-4-8-15)13-20(28)25-19(21(23)29)11-16-12-24-18-10-6-5-9-17(16)18/h2-10,12,19,24H,11,13-14H2,1H3,(H2,23,29)(H,25,28)(H,26,30)/t19-/m1/s1. The van der Waals surface area contributed by atoms with Gasteiger partial charge in [0.15, 0.2) is 0 Å². The molecule has 9 nitrogen and oxygen atoms in total. The van der Waals surface area contributed by atoms with Crippen LogP contribution in [0.15, 0.2) is 60.8 Å². The van der Waals surface area contributed by atoms with Crippen molar-refractivity contribution < 1.29 is 19.1 Å². The van der Waals surface area contributed by atoms with Crippen molar-refractivity contribution in [3.05, 3.63) is 71.9 Å². The Labute approximate surface area is 179 Å². The Morgan fingerprint density at radius 1 is 1.10 bits per heavy atom. The number of rotatable bonds is 9. The Bertz CT molecular complexity index is 1050. The number of hydrazine groups is 1. The maximum Gasteiger partial charge on any atom is 0.422 e. The molecule has 0 aliphatic carbocycles. The Morgan fingerprint density at radius 3 is 2.55 bits per heavy atom. The third-order valence-electron chi connectivity index (χ3n) is 4.65. The minimum Gasteiger partial charge on any atom is -0.444 e. The first-order valence-corrected chi connectivity index (χ1v) is 9.74. The summed E-state index contributed by atoms with van der Waals surface area (Å²) in [5, 5.41) is 4.85. The summed E-state index contributed by atoms with van der Waals surface area (Å²) < 4.78 is 5.11. The molecule has 1 aromatic heterocycles. The lowest BCUT2D eigenvalue weighted by molar-refractivity contribution is -0.128. The van der Waals surface area contributed by atoms with Gasteiger partial charge in [-0.2, -0.15) is 0 Å². The molecular weight excluding hydrogens is 398 g/mol. The topological polar surface area (TPSA) is 130 Å². The molecule has 3 aromatic rings. The van der Waals surface area contributed by atoms with Crippen molar-refractivity contribution in [3.63, 3.8) is 0 Å². The number of aromatic amines is 1. The molecular formula is C22H25N5O4. The highest BCUT2D eigenvalue weighted by Crippen LogP contribution is 2.19. The summed E-state index contributed by atoms with van der Waals surface area (Å²) in [5.41, 5.74) is 10.6. The third kappa shape index (κ3) is 6.31. The highest BCUT2D eigenvalue weighted by molar-refractivity contribution is 5.89. The quantitative estimate of drug-likeness (QED) is 0.387. The first-order valence-electron chi connectivity index (χ1n) is 9.74. The van der Waals surface area contributed by atoms with Gasteiger partial charge in [-0.25, -0.2) is 9.80 Å². The summed E-state index contributed by atoms with van der Waals surface area (Å²) in [6.07, 6.45) is 1.36. The van der Waals surface area contributed by atoms with Crippen LogP contribution in [0.1, 0.15) is 11.1 Å². The molecule has 3 rings (SSSR count). The van der Waals surface area contributed by atoms with Gasteiger partial charge in [-0.1, -0.05) is 48.5 Å². The maximum absolute atomic E-state index is 12.4. The lowest BCUT2D eigenvalue weighted by atomic mass is 10.0. The second kappa shape index (κ2) is 10.3. The van der Waals surface area contributed by atoms with E-state index in [0.717, 1.165) is 22.0 Å². The molecule has 0 aliphatic rings. The fourth-order valence-electron chi connectivity index (χ4n) is 3.15. The van der Waals surface area contributed by atoms with Gasteiger partial charge in [-0.3, -0.25) is 15.0 Å². The molecule has 9 heteroatoms. The highest BCUT2D eigenvalue weighted by Gasteiger charge is 2.21. The molecule has 0 radical (unpaired) electrons. The van der Waals surface area contributed by atoms with Crippen LogP contribution in [0.3, 0.4) is 0 Å². The largest absolute Gasteiger partial charge is 0.444 e. The molecule has 2 aromatic carbocycles. The summed E-state index contributed by atoms with van der Waals surface area (Å²) in [7, 11) is 1.52. The van der Waals surface area contributed by atoms with Crippen LogP contribution in [0.4, 0.5) is 4.79 Å². The van der Waals surface area contributed by atoms with E-state index < -0.39 is 23.9 Å². The van der Waals surface area contributed by atoms with Crippen LogP contribution >= 0.6 is 0 Å². The molecule has 0 saturated heterocycles. The SMILES string of the molecule is CN(CC(=O)N[C@H](Cc1c[nH]c2ccccc12)C(N)=O)NC(=O)OCc1ccccc1. The fraction of sp³-hybridized carbons (Fsp3) is 0.227. The molecule has 31 heavy (non-hydrogen) atoms. The Hall–Kier alpha value is -3.85. The number of H-pyrrole nitrogens is 1. The number of nitrogens with two attached hydrogens (primary N) is 1. The lowest BCUT2D eigenvalue weighted by Crippen LogP contribution is -2.51. The number of ether oxygens (including phenoxy) is 1. The number of hydrogen-bond acceptors (Lipinski definition) is 5. The molecule has 1 atom stereocenters. The summed E-state index contributed by atoms with van der Waals surface area (Å²) in [5.74, 6) is -1.11. The predicted octanol–water partition coefficient (Wildman–Crippen LogP) is 1.45. The van der Waals surface area contributed by atoms with Crippen molar-refractivity contribution in [2.24, 2.45) is 5.73 Å². The van der Waals surface area contributed by atoms with Gasteiger partial charge >= 0.3 is 6.09 Å². The van der Waals surface area contributed by atoms with Gasteiger partial charge in [0.25, 0.3) is 0 Å². The number of amides is 3. The van der Waals surface area contributed by atoms with E-state index in [0.29, 0.717) is 0 Å². The van der Waals surface area contributed by atoms with Crippen molar-refractivity contribution >= 4 is 28.8 Å². The number of para-hydroxylation sites is 1. The maximum atomic E-state index is 12.4. The zero-order valence-electron chi connectivity index (χ0n) is 17.1. The van der Waals surface area contributed by atoms with Crippen LogP contribution in [0.25, 0.3) is 10.9 Å². The first-order chi connectivity index (χ1) is 14.9. The number of benzene rings is 2. The zero-order chi connectivity index (χ0) is 22.2. The van der Waals surface area contributed by atoms with Crippen LogP contribution < -0.4 is 16.5 Å². The second-order valence-electron chi connectivity index (χ2n) is 7.12. The molecule has 3 amide bonds. The minimum absolute atomic E-state index is 0.112. The normalized spacial score (nSPS) is 11.8. The number of carbonyl (C=O) groups is 3. The Balaban J connectivity index is 1.49. The molecule has 0 fully saturated rings. The van der Waals surface area contributed by atoms with Crippen LogP contribution in [0, 0.1) is 0 Å². The molecule has 0 bridgehead atoms. The summed E-state index contributed by atoms with van der Waals surface area (Å²) in [6, 6.07) is 16.0. The number of carbonyl (C=O) groups excluding carboxylic acids is 3. The number of fused-ring (bicyclic) bond motifs is 1. The average Bonchev–Trinajstić information content (AvgIpc) is 3.15. The molecule has 1 heterocycles. The van der Waals surface area contributed by atoms with Crippen LogP contribution in [0.5, 0.6) is 0 Å². The van der Waals surface area contributed by atoms with Crippen LogP contribution in [-0.2, 0) is 27.4 Å². The van der Waals surface area contributed by atoms with Gasteiger partial charge in [0, 0.05) is 30.6 Å². The minimum atomic E-state index is -0.884. The van der Waals surface area contributed by atoms with Crippen molar-refractivity contribution in [1.82, 2.24) is 20.7 Å². The van der Waals surface area contributed by atoms with Gasteiger partial charge < -0.3 is 20.8 Å². The highest BCUT2D eigenvalue weighted by atomic mass is 16.6. The molecule has 0 aliphatic heterocycles. The van der Waals surface area contributed by atoms with Crippen molar-refractivity contribution in [1.29, 1.82) is 0 Å². The average molecular weight is 423 g/mol. The van der Waals surface area contributed by atoms with Gasteiger partial charge in [0.05, 0.1) is 6.54 Å². The lowest BCUT2D eigenvalue weighted by Gasteiger charge is -2.20. The Morgan fingerprint density at radius 2 is 1.81 bits per heavy atom. The van der Waals surface area contributed by atoms with E-state index in [1.807, 2.05) is 54.6 Å². The zero-order valence-corrected chi connectivity index (χ0v) is 17.1. The van der Waals surface area contributed by atoms with E-state index in [-0.39, 0.29) is 19.6 Å². The monoisotopic (exact) mass is 423 g/mol. The summed E-state index contributed by atoms with van der Waals surface area (Å²) in [6.45, 7) is -0.0703. The Kier molecular flexibility index (Phi) is 7.23. The molecule has 0 spiro atoms. The first kappa shape index (κ1) is 21.8. The van der Waals surface area contributed by atoms with Gasteiger partial charge in [0.1, 0.15) is 12.6 Å². The molecule has 0 saturated carbocycles.